The number of hydrogen-bond acceptors (Lipinski definition) is 6. The molecule has 0 bridgehead atoms. The molecule has 198 valence electrons. The van der Waals surface area contributed by atoms with Crippen LogP contribution < -0.4 is 10.5 Å². The zero-order valence-corrected chi connectivity index (χ0v) is 21.5. The number of carbonyl (C=O) groups is 1. The van der Waals surface area contributed by atoms with E-state index in [0.29, 0.717) is 34.0 Å². The fourth-order valence-electron chi connectivity index (χ4n) is 5.11. The quantitative estimate of drug-likeness (QED) is 0.490. The lowest BCUT2D eigenvalue weighted by atomic mass is 9.92. The van der Waals surface area contributed by atoms with Gasteiger partial charge in [0, 0.05) is 31.8 Å². The largest absolute Gasteiger partial charge is 0.481 e. The summed E-state index contributed by atoms with van der Waals surface area (Å²) in [6, 6.07) is 5.34. The molecule has 0 radical (unpaired) electrons. The molecule has 1 fully saturated rings. The van der Waals surface area contributed by atoms with Gasteiger partial charge in [0.25, 0.3) is 11.5 Å². The lowest BCUT2D eigenvalue weighted by molar-refractivity contribution is -0.139. The Labute approximate surface area is 213 Å². The van der Waals surface area contributed by atoms with Gasteiger partial charge in [-0.05, 0) is 49.9 Å². The standard InChI is InChI=1S/C26H32F2N6O3/c1-5-6-18-9-16(2)25(37)33(12-18)14-22-24(30-31-32(22)4)20-7-8-21(17(3)29-20)34-13-19(10-23(35)36)11-26(27,28)15-34/h7-9,12,19H,5-6,10-11,13-15H2,1-4H3,(H,35,36)/t19-/m0/s1. The van der Waals surface area contributed by atoms with Gasteiger partial charge < -0.3 is 14.6 Å². The van der Waals surface area contributed by atoms with E-state index in [4.69, 9.17) is 5.11 Å². The summed E-state index contributed by atoms with van der Waals surface area (Å²) >= 11 is 0. The normalized spacial score (nSPS) is 17.2. The van der Waals surface area contributed by atoms with E-state index < -0.39 is 30.8 Å². The number of halogens is 2. The highest BCUT2D eigenvalue weighted by molar-refractivity contribution is 5.67. The molecule has 37 heavy (non-hydrogen) atoms. The van der Waals surface area contributed by atoms with Crippen molar-refractivity contribution in [1.82, 2.24) is 24.5 Å². The third-order valence-corrected chi connectivity index (χ3v) is 6.72. The van der Waals surface area contributed by atoms with Gasteiger partial charge >= 0.3 is 5.97 Å². The third kappa shape index (κ3) is 5.86. The molecule has 4 rings (SSSR count). The van der Waals surface area contributed by atoms with Gasteiger partial charge in [0.2, 0.25) is 0 Å². The Bertz CT molecular complexity index is 1370. The van der Waals surface area contributed by atoms with E-state index >= 15 is 0 Å². The first-order valence-corrected chi connectivity index (χ1v) is 12.4. The van der Waals surface area contributed by atoms with Crippen LogP contribution in [0.5, 0.6) is 0 Å². The second-order valence-electron chi connectivity index (χ2n) is 9.93. The van der Waals surface area contributed by atoms with Crippen LogP contribution in [0.4, 0.5) is 14.5 Å². The summed E-state index contributed by atoms with van der Waals surface area (Å²) in [6.45, 7) is 5.61. The molecule has 0 amide bonds. The predicted octanol–water partition coefficient (Wildman–Crippen LogP) is 3.59. The first-order chi connectivity index (χ1) is 17.5. The van der Waals surface area contributed by atoms with E-state index in [2.05, 4.69) is 22.2 Å². The van der Waals surface area contributed by atoms with Gasteiger partial charge in [-0.15, -0.1) is 5.10 Å². The number of rotatable bonds is 8. The maximum Gasteiger partial charge on any atom is 0.303 e. The maximum atomic E-state index is 14.4. The molecule has 1 saturated heterocycles. The molecule has 4 heterocycles. The van der Waals surface area contributed by atoms with Crippen molar-refractivity contribution in [3.05, 3.63) is 57.3 Å². The molecule has 0 aromatic carbocycles. The second kappa shape index (κ2) is 10.4. The van der Waals surface area contributed by atoms with Crippen LogP contribution in [-0.2, 0) is 24.8 Å². The molecule has 1 aliphatic heterocycles. The number of carboxylic acid groups (broad SMARTS) is 1. The average molecular weight is 515 g/mol. The van der Waals surface area contributed by atoms with E-state index in [-0.39, 0.29) is 25.1 Å². The van der Waals surface area contributed by atoms with Crippen molar-refractivity contribution in [3.8, 4) is 11.4 Å². The summed E-state index contributed by atoms with van der Waals surface area (Å²) in [5.74, 6) is -4.73. The first-order valence-electron chi connectivity index (χ1n) is 12.4. The molecule has 0 spiro atoms. The number of nitrogens with zero attached hydrogens (tertiary/aromatic N) is 6. The number of aromatic nitrogens is 5. The Morgan fingerprint density at radius 3 is 2.70 bits per heavy atom. The molecule has 11 heteroatoms. The van der Waals surface area contributed by atoms with Gasteiger partial charge in [-0.3, -0.25) is 9.59 Å². The monoisotopic (exact) mass is 514 g/mol. The number of anilines is 1. The predicted molar refractivity (Wildman–Crippen MR) is 135 cm³/mol. The lowest BCUT2D eigenvalue weighted by Crippen LogP contribution is -2.48. The minimum Gasteiger partial charge on any atom is -0.481 e. The third-order valence-electron chi connectivity index (χ3n) is 6.72. The van der Waals surface area contributed by atoms with Crippen LogP contribution in [0.1, 0.15) is 48.7 Å². The summed E-state index contributed by atoms with van der Waals surface area (Å²) in [4.78, 5) is 30.1. The van der Waals surface area contributed by atoms with Crippen molar-refractivity contribution in [1.29, 1.82) is 0 Å². The fraction of sp³-hybridized carbons (Fsp3) is 0.500. The summed E-state index contributed by atoms with van der Waals surface area (Å²) in [5, 5.41) is 17.5. The number of carboxylic acids is 1. The Hall–Kier alpha value is -3.63. The Morgan fingerprint density at radius 2 is 2.03 bits per heavy atom. The number of hydrogen-bond donors (Lipinski definition) is 1. The molecule has 0 unspecified atom stereocenters. The Balaban J connectivity index is 1.64. The van der Waals surface area contributed by atoms with E-state index in [9.17, 15) is 18.4 Å². The minimum atomic E-state index is -2.99. The van der Waals surface area contributed by atoms with Crippen molar-refractivity contribution in [2.45, 2.75) is 58.9 Å². The van der Waals surface area contributed by atoms with Gasteiger partial charge in [0.15, 0.2) is 0 Å². The van der Waals surface area contributed by atoms with E-state index in [1.807, 2.05) is 12.3 Å². The van der Waals surface area contributed by atoms with Gasteiger partial charge in [0.1, 0.15) is 5.69 Å². The van der Waals surface area contributed by atoms with Crippen molar-refractivity contribution in [2.24, 2.45) is 13.0 Å². The molecule has 3 aromatic heterocycles. The topological polar surface area (TPSA) is 106 Å². The molecule has 3 aromatic rings. The molecule has 0 aliphatic carbocycles. The van der Waals surface area contributed by atoms with Crippen LogP contribution in [0.2, 0.25) is 0 Å². The second-order valence-corrected chi connectivity index (χ2v) is 9.93. The van der Waals surface area contributed by atoms with Crippen LogP contribution in [0.25, 0.3) is 11.4 Å². The van der Waals surface area contributed by atoms with Crippen LogP contribution >= 0.6 is 0 Å². The average Bonchev–Trinajstić information content (AvgIpc) is 3.15. The Morgan fingerprint density at radius 1 is 1.27 bits per heavy atom. The lowest BCUT2D eigenvalue weighted by Gasteiger charge is -2.39. The van der Waals surface area contributed by atoms with Crippen LogP contribution in [0.15, 0.2) is 29.2 Å². The first kappa shape index (κ1) is 26.4. The van der Waals surface area contributed by atoms with Gasteiger partial charge in [0.05, 0.1) is 42.3 Å². The van der Waals surface area contributed by atoms with Gasteiger partial charge in [-0.25, -0.2) is 18.4 Å². The summed E-state index contributed by atoms with van der Waals surface area (Å²) in [5.41, 5.74) is 4.44. The summed E-state index contributed by atoms with van der Waals surface area (Å²) in [7, 11) is 1.75. The van der Waals surface area contributed by atoms with Crippen molar-refractivity contribution in [2.75, 3.05) is 18.0 Å². The zero-order valence-electron chi connectivity index (χ0n) is 21.5. The molecule has 1 atom stereocenters. The van der Waals surface area contributed by atoms with Crippen molar-refractivity contribution in [3.63, 3.8) is 0 Å². The number of aryl methyl sites for hydroxylation is 4. The van der Waals surface area contributed by atoms with Crippen LogP contribution in [-0.4, -0.2) is 54.6 Å². The van der Waals surface area contributed by atoms with E-state index in [1.165, 1.54) is 4.90 Å². The molecular weight excluding hydrogens is 482 g/mol. The van der Waals surface area contributed by atoms with Gasteiger partial charge in [-0.2, -0.15) is 0 Å². The highest BCUT2D eigenvalue weighted by Crippen LogP contribution is 2.36. The van der Waals surface area contributed by atoms with Crippen molar-refractivity contribution < 1.29 is 18.7 Å². The molecule has 1 N–H and O–H groups in total. The number of alkyl halides is 2. The zero-order chi connectivity index (χ0) is 26.9. The smallest absolute Gasteiger partial charge is 0.303 e. The molecule has 0 saturated carbocycles. The molecular formula is C26H32F2N6O3. The van der Waals surface area contributed by atoms with E-state index in [0.717, 1.165) is 18.4 Å². The van der Waals surface area contributed by atoms with E-state index in [1.54, 1.807) is 42.3 Å². The summed E-state index contributed by atoms with van der Waals surface area (Å²) in [6.07, 6.45) is 2.94. The maximum absolute atomic E-state index is 14.4. The van der Waals surface area contributed by atoms with Gasteiger partial charge in [-0.1, -0.05) is 18.6 Å². The minimum absolute atomic E-state index is 0.0894. The number of aliphatic carboxylic acids is 1. The molecule has 1 aliphatic rings. The molecule has 9 nitrogen and oxygen atoms in total. The number of piperidine rings is 1. The Kier molecular flexibility index (Phi) is 7.42. The SMILES string of the molecule is CCCc1cc(C)c(=O)n(Cc2c(-c3ccc(N4C[C@@H](CC(=O)O)CC(F)(F)C4)c(C)n3)nnn2C)c1. The number of pyridine rings is 2. The highest BCUT2D eigenvalue weighted by Gasteiger charge is 2.41. The van der Waals surface area contributed by atoms with Crippen molar-refractivity contribution >= 4 is 11.7 Å². The highest BCUT2D eigenvalue weighted by atomic mass is 19.3. The fourth-order valence-corrected chi connectivity index (χ4v) is 5.11. The van der Waals surface area contributed by atoms with Crippen LogP contribution in [0.3, 0.4) is 0 Å². The van der Waals surface area contributed by atoms with Crippen LogP contribution in [0, 0.1) is 19.8 Å². The summed E-state index contributed by atoms with van der Waals surface area (Å²) < 4.78 is 32.1.